The van der Waals surface area contributed by atoms with Gasteiger partial charge in [-0.2, -0.15) is 0 Å². The molecule has 378 valence electrons. The Morgan fingerprint density at radius 3 is 2.54 bits per heavy atom. The van der Waals surface area contributed by atoms with Crippen molar-refractivity contribution < 1.29 is 38.1 Å². The summed E-state index contributed by atoms with van der Waals surface area (Å²) in [4.78, 5) is 66.5. The summed E-state index contributed by atoms with van der Waals surface area (Å²) >= 11 is 0. The molecule has 6 bridgehead atoms. The number of morpholine rings is 1. The van der Waals surface area contributed by atoms with Crippen LogP contribution in [0.5, 0.6) is 0 Å². The molecular weight excluding hydrogens is 877 g/mol. The number of amides is 3. The van der Waals surface area contributed by atoms with Crippen LogP contribution in [0.15, 0.2) is 41.5 Å². The van der Waals surface area contributed by atoms with E-state index in [0.717, 1.165) is 39.1 Å². The topological polar surface area (TPSA) is 160 Å². The predicted octanol–water partition coefficient (Wildman–Crippen LogP) is 5.23. The normalized spacial score (nSPS) is 22.9. The lowest BCUT2D eigenvalue weighted by Crippen LogP contribution is -2.61. The second-order valence-corrected chi connectivity index (χ2v) is 20.8. The number of cyclic esters (lactones) is 1. The number of aromatic nitrogens is 1. The first kappa shape index (κ1) is 53.3. The van der Waals surface area contributed by atoms with Gasteiger partial charge in [-0.05, 0) is 104 Å². The van der Waals surface area contributed by atoms with Gasteiger partial charge in [0.2, 0.25) is 5.91 Å². The van der Waals surface area contributed by atoms with Crippen LogP contribution in [0, 0.1) is 29.1 Å². The Kier molecular flexibility index (Phi) is 17.6. The molecule has 4 aliphatic rings. The van der Waals surface area contributed by atoms with Gasteiger partial charge in [-0.3, -0.25) is 34.1 Å². The Morgan fingerprint density at radius 2 is 1.88 bits per heavy atom. The van der Waals surface area contributed by atoms with Crippen LogP contribution < -0.4 is 15.6 Å². The van der Waals surface area contributed by atoms with E-state index in [-0.39, 0.29) is 55.5 Å². The molecule has 0 saturated carbocycles. The number of nitrogens with zero attached hydrogens (tertiary/aromatic N) is 6. The van der Waals surface area contributed by atoms with E-state index in [1.54, 1.807) is 18.2 Å². The highest BCUT2D eigenvalue weighted by Crippen LogP contribution is 2.40. The minimum Gasteiger partial charge on any atom is -0.464 e. The largest absolute Gasteiger partial charge is 0.464 e. The number of rotatable bonds is 13. The number of anilines is 1. The molecule has 3 saturated heterocycles. The highest BCUT2D eigenvalue weighted by molar-refractivity contribution is 5.96. The summed E-state index contributed by atoms with van der Waals surface area (Å²) in [6.45, 7) is 25.9. The molecule has 3 fully saturated rings. The number of allylic oxidation sites excluding steroid dienone is 2. The Balaban J connectivity index is 1.30. The fourth-order valence-electron chi connectivity index (χ4n) is 9.37. The summed E-state index contributed by atoms with van der Waals surface area (Å²) < 4.78 is 26.9. The number of hydrogen-bond donors (Lipinski definition) is 2. The number of aliphatic imine (C=N–C) groups is 1. The molecule has 0 aliphatic carbocycles. The molecule has 1 aromatic carbocycles. The minimum atomic E-state index is -0.973. The van der Waals surface area contributed by atoms with Gasteiger partial charge in [-0.1, -0.05) is 46.3 Å². The zero-order chi connectivity index (χ0) is 50.4. The Bertz CT molecular complexity index is 2330. The van der Waals surface area contributed by atoms with E-state index in [1.807, 2.05) is 66.6 Å². The first-order valence-electron chi connectivity index (χ1n) is 24.8. The van der Waals surface area contributed by atoms with E-state index in [0.29, 0.717) is 65.1 Å². The standard InChI is InChI=1S/C53H78N8O8/c1-14-39(47(54-15-2)35(6)66-13)48-41-28-52(7,8)33-69-51(65)43-18-17-23-61(56-43)50(64)44(27-37-29-58(24-25-67-37)36-19-20-45(40(41)26-36)60(48)16-3)55-49(63)42(34(4)5)32-68-38-30-59(31-38)46(62)21-22-53(9,10)57(11)12/h14-15,19-20,26,34-35,37-38,42-44,56H,1,16-18,23-25,27-33H2,2-13H3,(H,55,63)/b47-39+,54-15?/t35-,37-,42-,43-,44-/m0/s1. The smallest absolute Gasteiger partial charge is 0.324 e. The highest BCUT2D eigenvalue weighted by Gasteiger charge is 2.39. The summed E-state index contributed by atoms with van der Waals surface area (Å²) in [5.74, 6) is 3.76. The van der Waals surface area contributed by atoms with E-state index in [1.165, 1.54) is 5.01 Å². The van der Waals surface area contributed by atoms with Gasteiger partial charge in [0.05, 0.1) is 61.0 Å². The van der Waals surface area contributed by atoms with Gasteiger partial charge in [0.1, 0.15) is 12.1 Å². The third-order valence-electron chi connectivity index (χ3n) is 14.2. The van der Waals surface area contributed by atoms with Crippen LogP contribution in [0.2, 0.25) is 0 Å². The van der Waals surface area contributed by atoms with Crippen molar-refractivity contribution in [1.82, 2.24) is 30.1 Å². The zero-order valence-electron chi connectivity index (χ0n) is 43.3. The lowest BCUT2D eigenvalue weighted by molar-refractivity contribution is -0.156. The number of fused-ring (bicyclic) bond motifs is 6. The number of ether oxygens (including phenoxy) is 4. The molecule has 5 atom stereocenters. The molecule has 16 nitrogen and oxygen atoms in total. The van der Waals surface area contributed by atoms with Crippen molar-refractivity contribution in [3.63, 3.8) is 0 Å². The minimum absolute atomic E-state index is 0.116. The zero-order valence-corrected chi connectivity index (χ0v) is 43.3. The average molecular weight is 955 g/mol. The van der Waals surface area contributed by atoms with Gasteiger partial charge in [0, 0.05) is 86.6 Å². The quantitative estimate of drug-likeness (QED) is 0.117. The number of carbonyl (C=O) groups is 4. The molecule has 0 unspecified atom stereocenters. The van der Waals surface area contributed by atoms with E-state index in [2.05, 4.69) is 77.6 Å². The maximum Gasteiger partial charge on any atom is 0.324 e. The summed E-state index contributed by atoms with van der Waals surface area (Å²) in [6.07, 6.45) is 4.52. The van der Waals surface area contributed by atoms with E-state index in [9.17, 15) is 19.2 Å². The number of benzene rings is 1. The monoisotopic (exact) mass is 955 g/mol. The Hall–Kier alpha value is -5.05. The van der Waals surface area contributed by atoms with Crippen LogP contribution in [0.25, 0.3) is 16.5 Å². The number of carbonyl (C=O) groups excluding carboxylic acids is 4. The number of aryl methyl sites for hydroxylation is 1. The molecule has 3 amide bonds. The Morgan fingerprint density at radius 1 is 1.14 bits per heavy atom. The van der Waals surface area contributed by atoms with Crippen LogP contribution in [0.3, 0.4) is 0 Å². The third-order valence-corrected chi connectivity index (χ3v) is 14.2. The molecule has 69 heavy (non-hydrogen) atoms. The van der Waals surface area contributed by atoms with Crippen LogP contribution in [0.4, 0.5) is 5.69 Å². The second-order valence-electron chi connectivity index (χ2n) is 20.8. The summed E-state index contributed by atoms with van der Waals surface area (Å²) in [5.41, 5.74) is 8.03. The van der Waals surface area contributed by atoms with Crippen molar-refractivity contribution >= 4 is 52.1 Å². The van der Waals surface area contributed by atoms with E-state index >= 15 is 0 Å². The lowest BCUT2D eigenvalue weighted by atomic mass is 9.84. The van der Waals surface area contributed by atoms with Crippen LogP contribution >= 0.6 is 0 Å². The number of methoxy groups -OCH3 is 1. The van der Waals surface area contributed by atoms with Crippen molar-refractivity contribution in [2.45, 2.75) is 130 Å². The third kappa shape index (κ3) is 12.5. The maximum atomic E-state index is 14.7. The van der Waals surface area contributed by atoms with Crippen molar-refractivity contribution in [2.24, 2.45) is 22.2 Å². The summed E-state index contributed by atoms with van der Waals surface area (Å²) in [6, 6.07) is 4.82. The van der Waals surface area contributed by atoms with Crippen molar-refractivity contribution in [2.75, 3.05) is 78.6 Å². The number of nitrogens with one attached hydrogen (secondary N) is 2. The van der Waals surface area contributed by atoms with E-state index in [4.69, 9.17) is 23.9 Å². The van der Waals surface area contributed by atoms with Crippen LogP contribution in [0.1, 0.15) is 92.8 Å². The first-order chi connectivity index (χ1) is 32.7. The van der Waals surface area contributed by atoms with Crippen molar-refractivity contribution in [3.8, 4) is 11.8 Å². The fourth-order valence-corrected chi connectivity index (χ4v) is 9.37. The molecule has 1 aromatic heterocycles. The number of esters is 1. The molecule has 5 heterocycles. The molecule has 0 radical (unpaired) electrons. The van der Waals surface area contributed by atoms with Crippen LogP contribution in [-0.2, 0) is 51.1 Å². The fraction of sp³-hybridized carbons (Fsp3) is 0.642. The van der Waals surface area contributed by atoms with Crippen LogP contribution in [-0.4, -0.2) is 159 Å². The molecule has 4 aliphatic heterocycles. The Labute approximate surface area is 410 Å². The maximum absolute atomic E-state index is 14.7. The average Bonchev–Trinajstić information content (AvgIpc) is 3.60. The van der Waals surface area contributed by atoms with Gasteiger partial charge >= 0.3 is 5.97 Å². The highest BCUT2D eigenvalue weighted by atomic mass is 16.5. The van der Waals surface area contributed by atoms with Gasteiger partial charge in [0.15, 0.2) is 0 Å². The first-order valence-corrected chi connectivity index (χ1v) is 24.8. The SMILES string of the molecule is C=C/C(=C(\N=CC)[C@H](C)OC)c1c2c3cc(ccc3n1CC)N1CCO[C@@H](C[C@H](NC(=O)[C@@H](COC3CN(C(=O)C#CC(C)(C)N(C)C)C3)C(C)C)C(=O)N3CCC[C@H](N3)C(=O)OCC(C)(C)C2)C1. The molecule has 2 N–H and O–H groups in total. The van der Waals surface area contributed by atoms with Gasteiger partial charge in [-0.25, -0.2) is 5.43 Å². The molecule has 2 aromatic rings. The van der Waals surface area contributed by atoms with Gasteiger partial charge in [0.25, 0.3) is 11.8 Å². The molecule has 0 spiro atoms. The molecule has 6 rings (SSSR count). The lowest BCUT2D eigenvalue weighted by Gasteiger charge is -2.39. The van der Waals surface area contributed by atoms with Crippen molar-refractivity contribution in [1.29, 1.82) is 0 Å². The predicted molar refractivity (Wildman–Crippen MR) is 270 cm³/mol. The summed E-state index contributed by atoms with van der Waals surface area (Å²) in [7, 11) is 5.52. The summed E-state index contributed by atoms with van der Waals surface area (Å²) in [5, 5.41) is 5.66. The van der Waals surface area contributed by atoms with Gasteiger partial charge < -0.3 is 38.6 Å². The molecule has 16 heteroatoms. The van der Waals surface area contributed by atoms with Gasteiger partial charge in [-0.15, -0.1) is 0 Å². The number of hydrogen-bond acceptors (Lipinski definition) is 12. The number of likely N-dealkylation sites (tertiary alicyclic amines) is 1. The van der Waals surface area contributed by atoms with Crippen molar-refractivity contribution in [3.05, 3.63) is 47.8 Å². The molecular formula is C53H78N8O8. The van der Waals surface area contributed by atoms with E-state index < -0.39 is 41.0 Å². The second kappa shape index (κ2) is 22.8. The number of hydrazine groups is 1.